The van der Waals surface area contributed by atoms with Crippen molar-refractivity contribution in [3.05, 3.63) is 65.7 Å². The third kappa shape index (κ3) is 2.43. The first-order valence-electron chi connectivity index (χ1n) is 8.05. The maximum absolute atomic E-state index is 6.16. The number of pyridine rings is 1. The number of hydroxylamine groups is 1. The van der Waals surface area contributed by atoms with Crippen molar-refractivity contribution in [3.63, 3.8) is 0 Å². The van der Waals surface area contributed by atoms with Crippen LogP contribution in [0, 0.1) is 0 Å². The second-order valence-corrected chi connectivity index (χ2v) is 6.20. The molecule has 0 saturated carbocycles. The van der Waals surface area contributed by atoms with Gasteiger partial charge in [-0.3, -0.25) is 4.98 Å². The Bertz CT molecular complexity index is 927. The number of hydrogen-bond donors (Lipinski definition) is 2. The number of nitrogens with zero attached hydrogens (tertiary/aromatic N) is 2. The number of aromatic nitrogens is 2. The fourth-order valence-corrected chi connectivity index (χ4v) is 3.30. The highest BCUT2D eigenvalue weighted by molar-refractivity contribution is 5.90. The normalized spacial score (nSPS) is 17.5. The van der Waals surface area contributed by atoms with Gasteiger partial charge in [0.25, 0.3) is 0 Å². The summed E-state index contributed by atoms with van der Waals surface area (Å²) in [6.45, 7) is 4.81. The molecule has 1 unspecified atom stereocenters. The lowest BCUT2D eigenvalue weighted by molar-refractivity contribution is 0.122. The number of anilines is 1. The van der Waals surface area contributed by atoms with E-state index in [1.54, 1.807) is 0 Å². The van der Waals surface area contributed by atoms with Gasteiger partial charge in [0, 0.05) is 30.1 Å². The smallest absolute Gasteiger partial charge is 0.126 e. The summed E-state index contributed by atoms with van der Waals surface area (Å²) in [5.41, 5.74) is 15.2. The quantitative estimate of drug-likeness (QED) is 0.777. The Kier molecular flexibility index (Phi) is 3.50. The number of nitrogens with one attached hydrogen (secondary N) is 1. The van der Waals surface area contributed by atoms with Crippen LogP contribution < -0.4 is 11.2 Å². The lowest BCUT2D eigenvalue weighted by Gasteiger charge is -2.09. The first kappa shape index (κ1) is 14.8. The van der Waals surface area contributed by atoms with E-state index >= 15 is 0 Å². The lowest BCUT2D eigenvalue weighted by Crippen LogP contribution is -2.19. The Morgan fingerprint density at radius 1 is 1.29 bits per heavy atom. The van der Waals surface area contributed by atoms with Crippen LogP contribution in [0.1, 0.15) is 25.0 Å². The van der Waals surface area contributed by atoms with Crippen molar-refractivity contribution in [3.8, 4) is 0 Å². The van der Waals surface area contributed by atoms with Crippen LogP contribution in [0.2, 0.25) is 0 Å². The zero-order chi connectivity index (χ0) is 16.7. The SMILES string of the molecule is CC1=C(c2cnc3c(N)cn(Cc4ccccc4)c3c2)C(C)NO1. The van der Waals surface area contributed by atoms with E-state index < -0.39 is 0 Å². The zero-order valence-corrected chi connectivity index (χ0v) is 13.8. The summed E-state index contributed by atoms with van der Waals surface area (Å²) >= 11 is 0. The fourth-order valence-electron chi connectivity index (χ4n) is 3.30. The standard InChI is InChI=1S/C19H20N4O/c1-12-18(13(2)24-22-12)15-8-17-19(21-9-15)16(20)11-23(17)10-14-6-4-3-5-7-14/h3-9,11-12,22H,10,20H2,1-2H3. The minimum atomic E-state index is 0.138. The molecule has 0 radical (unpaired) electrons. The number of fused-ring (bicyclic) bond motifs is 1. The molecule has 1 atom stereocenters. The molecule has 5 heteroatoms. The van der Waals surface area contributed by atoms with Crippen molar-refractivity contribution in [1.29, 1.82) is 0 Å². The number of benzene rings is 1. The van der Waals surface area contributed by atoms with E-state index in [-0.39, 0.29) is 6.04 Å². The van der Waals surface area contributed by atoms with Gasteiger partial charge in [-0.1, -0.05) is 30.3 Å². The van der Waals surface area contributed by atoms with E-state index in [1.165, 1.54) is 5.56 Å². The predicted molar refractivity (Wildman–Crippen MR) is 96.0 cm³/mol. The van der Waals surface area contributed by atoms with E-state index in [0.717, 1.165) is 34.5 Å². The molecule has 1 aliphatic heterocycles. The van der Waals surface area contributed by atoms with Crippen LogP contribution in [0.15, 0.2) is 54.6 Å². The van der Waals surface area contributed by atoms with Gasteiger partial charge in [-0.05, 0) is 25.5 Å². The molecule has 1 aromatic carbocycles. The molecular formula is C19H20N4O. The molecule has 0 spiro atoms. The Hall–Kier alpha value is -2.79. The minimum Gasteiger partial charge on any atom is -0.413 e. The second-order valence-electron chi connectivity index (χ2n) is 6.20. The van der Waals surface area contributed by atoms with Crippen molar-refractivity contribution in [2.75, 3.05) is 5.73 Å². The zero-order valence-electron chi connectivity index (χ0n) is 13.8. The Morgan fingerprint density at radius 3 is 2.79 bits per heavy atom. The van der Waals surface area contributed by atoms with Crippen LogP contribution in [-0.2, 0) is 11.4 Å². The van der Waals surface area contributed by atoms with Gasteiger partial charge in [0.1, 0.15) is 11.3 Å². The van der Waals surface area contributed by atoms with Gasteiger partial charge in [-0.25, -0.2) is 0 Å². The van der Waals surface area contributed by atoms with Crippen molar-refractivity contribution in [1.82, 2.24) is 15.0 Å². The van der Waals surface area contributed by atoms with Crippen LogP contribution >= 0.6 is 0 Å². The van der Waals surface area contributed by atoms with Crippen LogP contribution in [0.25, 0.3) is 16.6 Å². The van der Waals surface area contributed by atoms with Gasteiger partial charge < -0.3 is 15.1 Å². The number of nitrogens with two attached hydrogens (primary N) is 1. The number of nitrogen functional groups attached to an aromatic ring is 1. The van der Waals surface area contributed by atoms with Gasteiger partial charge in [0.05, 0.1) is 17.2 Å². The molecule has 24 heavy (non-hydrogen) atoms. The number of hydrogen-bond acceptors (Lipinski definition) is 4. The maximum atomic E-state index is 6.16. The molecule has 0 fully saturated rings. The molecule has 0 bridgehead atoms. The largest absolute Gasteiger partial charge is 0.413 e. The lowest BCUT2D eigenvalue weighted by atomic mass is 10.0. The number of allylic oxidation sites excluding steroid dienone is 1. The van der Waals surface area contributed by atoms with Crippen molar-refractivity contribution >= 4 is 22.3 Å². The Balaban J connectivity index is 1.81. The molecule has 4 rings (SSSR count). The van der Waals surface area contributed by atoms with E-state index in [1.807, 2.05) is 37.5 Å². The molecule has 5 nitrogen and oxygen atoms in total. The predicted octanol–water partition coefficient (Wildman–Crippen LogP) is 3.32. The average molecular weight is 320 g/mol. The molecule has 3 N–H and O–H groups in total. The third-order valence-electron chi connectivity index (χ3n) is 4.45. The molecule has 3 heterocycles. The summed E-state index contributed by atoms with van der Waals surface area (Å²) in [6, 6.07) is 12.6. The summed E-state index contributed by atoms with van der Waals surface area (Å²) in [5.74, 6) is 0.887. The molecule has 122 valence electrons. The molecule has 3 aromatic rings. The van der Waals surface area contributed by atoms with Crippen molar-refractivity contribution in [2.45, 2.75) is 26.4 Å². The monoisotopic (exact) mass is 320 g/mol. The van der Waals surface area contributed by atoms with Crippen LogP contribution in [0.3, 0.4) is 0 Å². The first-order valence-corrected chi connectivity index (χ1v) is 8.05. The Morgan fingerprint density at radius 2 is 2.08 bits per heavy atom. The third-order valence-corrected chi connectivity index (χ3v) is 4.45. The Labute approximate surface area is 140 Å². The maximum Gasteiger partial charge on any atom is 0.126 e. The van der Waals surface area contributed by atoms with Gasteiger partial charge in [-0.15, -0.1) is 5.48 Å². The molecular weight excluding hydrogens is 300 g/mol. The molecule has 0 aliphatic carbocycles. The van der Waals surface area contributed by atoms with Gasteiger partial charge >= 0.3 is 0 Å². The van der Waals surface area contributed by atoms with Crippen molar-refractivity contribution in [2.24, 2.45) is 0 Å². The van der Waals surface area contributed by atoms with Crippen LogP contribution in [0.4, 0.5) is 5.69 Å². The van der Waals surface area contributed by atoms with Gasteiger partial charge in [0.2, 0.25) is 0 Å². The first-order chi connectivity index (χ1) is 11.6. The summed E-state index contributed by atoms with van der Waals surface area (Å²) in [7, 11) is 0. The molecule has 1 aliphatic rings. The minimum absolute atomic E-state index is 0.138. The summed E-state index contributed by atoms with van der Waals surface area (Å²) < 4.78 is 2.15. The molecule has 2 aromatic heterocycles. The summed E-state index contributed by atoms with van der Waals surface area (Å²) in [5, 5.41) is 0. The van der Waals surface area contributed by atoms with E-state index in [4.69, 9.17) is 10.6 Å². The van der Waals surface area contributed by atoms with Crippen LogP contribution in [-0.4, -0.2) is 15.6 Å². The fraction of sp³-hybridized carbons (Fsp3) is 0.211. The number of rotatable bonds is 3. The van der Waals surface area contributed by atoms with E-state index in [0.29, 0.717) is 5.69 Å². The average Bonchev–Trinajstić information content (AvgIpc) is 3.08. The second kappa shape index (κ2) is 5.69. The van der Waals surface area contributed by atoms with E-state index in [9.17, 15) is 0 Å². The van der Waals surface area contributed by atoms with E-state index in [2.05, 4.69) is 40.2 Å². The topological polar surface area (TPSA) is 65.1 Å². The van der Waals surface area contributed by atoms with Gasteiger partial charge in [-0.2, -0.15) is 0 Å². The summed E-state index contributed by atoms with van der Waals surface area (Å²) in [6.07, 6.45) is 3.83. The van der Waals surface area contributed by atoms with Gasteiger partial charge in [0.15, 0.2) is 0 Å². The summed E-state index contributed by atoms with van der Waals surface area (Å²) in [4.78, 5) is 10.0. The highest BCUT2D eigenvalue weighted by Gasteiger charge is 2.23. The highest BCUT2D eigenvalue weighted by Crippen LogP contribution is 2.31. The van der Waals surface area contributed by atoms with Crippen molar-refractivity contribution < 1.29 is 4.84 Å². The highest BCUT2D eigenvalue weighted by atomic mass is 16.7. The van der Waals surface area contributed by atoms with Crippen LogP contribution in [0.5, 0.6) is 0 Å². The molecule has 0 amide bonds. The molecule has 0 saturated heterocycles.